The van der Waals surface area contributed by atoms with Crippen molar-refractivity contribution in [2.24, 2.45) is 5.10 Å². The van der Waals surface area contributed by atoms with Crippen LogP contribution in [-0.2, 0) is 15.0 Å². The van der Waals surface area contributed by atoms with Gasteiger partial charge in [-0.3, -0.25) is 14.6 Å². The molecule has 1 N–H and O–H groups in total. The van der Waals surface area contributed by atoms with Gasteiger partial charge in [-0.2, -0.15) is 5.10 Å². The van der Waals surface area contributed by atoms with Crippen LogP contribution in [0.4, 0.5) is 5.69 Å². The minimum absolute atomic E-state index is 0.0272. The van der Waals surface area contributed by atoms with E-state index in [1.54, 1.807) is 7.05 Å². The molecule has 0 bridgehead atoms. The Morgan fingerprint density at radius 3 is 2.80 bits per heavy atom. The summed E-state index contributed by atoms with van der Waals surface area (Å²) < 4.78 is 6.13. The molecular weight excluding hydrogens is 382 g/mol. The average molecular weight is 409 g/mol. The number of fused-ring (bicyclic) bond motifs is 3. The summed E-state index contributed by atoms with van der Waals surface area (Å²) in [7, 11) is 3.04. The number of nitrogens with zero attached hydrogens (tertiary/aromatic N) is 3. The number of anilines is 1. The third kappa shape index (κ3) is 3.14. The van der Waals surface area contributed by atoms with Crippen LogP contribution in [0.25, 0.3) is 0 Å². The first-order valence-electron chi connectivity index (χ1n) is 10.1. The van der Waals surface area contributed by atoms with E-state index in [9.17, 15) is 9.90 Å². The Morgan fingerprint density at radius 1 is 1.33 bits per heavy atom. The second kappa shape index (κ2) is 8.08. The smallest absolute Gasteiger partial charge is 0.294 e. The lowest BCUT2D eigenvalue weighted by Gasteiger charge is -2.41. The fourth-order valence-electron chi connectivity index (χ4n) is 4.48. The Kier molecular flexibility index (Phi) is 5.49. The Labute approximate surface area is 176 Å². The van der Waals surface area contributed by atoms with Crippen molar-refractivity contribution in [2.75, 3.05) is 32.4 Å². The molecule has 30 heavy (non-hydrogen) atoms. The van der Waals surface area contributed by atoms with E-state index < -0.39 is 5.41 Å². The maximum absolute atomic E-state index is 13.4. The summed E-state index contributed by atoms with van der Waals surface area (Å²) in [5.41, 5.74) is 2.56. The van der Waals surface area contributed by atoms with Gasteiger partial charge >= 0.3 is 0 Å². The van der Waals surface area contributed by atoms with Crippen LogP contribution in [0.15, 0.2) is 53.6 Å². The van der Waals surface area contributed by atoms with Crippen molar-refractivity contribution in [2.45, 2.75) is 31.2 Å². The standard InChI is InChI=1S/C23H27N3O4/c1-16-10-11-19-18(14-16)26-20(15-30-19)23(12-7-13-27,17-8-5-4-6-9-17)21(24-26)22(28)25(2)29-3/h4-6,8-11,14,20,27H,7,12-13,15H2,1-3H3/t20-,23+/m0/s1. The first-order valence-corrected chi connectivity index (χ1v) is 10.1. The Morgan fingerprint density at radius 2 is 2.10 bits per heavy atom. The Balaban J connectivity index is 1.92. The van der Waals surface area contributed by atoms with Gasteiger partial charge < -0.3 is 9.84 Å². The lowest BCUT2D eigenvalue weighted by Crippen LogP contribution is -2.55. The zero-order chi connectivity index (χ0) is 21.3. The minimum atomic E-state index is -0.741. The minimum Gasteiger partial charge on any atom is -0.489 e. The number of carbonyl (C=O) groups is 1. The van der Waals surface area contributed by atoms with E-state index >= 15 is 0 Å². The SMILES string of the molecule is CON(C)C(=O)C1=NN2c3cc(C)ccc3OC[C@H]2[C@@]1(CCCO)c1ccccc1. The molecule has 2 heterocycles. The van der Waals surface area contributed by atoms with Crippen LogP contribution in [-0.4, -0.2) is 55.2 Å². The van der Waals surface area contributed by atoms with Gasteiger partial charge in [0.25, 0.3) is 5.91 Å². The van der Waals surface area contributed by atoms with E-state index in [1.165, 1.54) is 12.2 Å². The van der Waals surface area contributed by atoms with E-state index in [4.69, 9.17) is 14.7 Å². The number of aliphatic hydroxyl groups is 1. The molecular formula is C23H27N3O4. The average Bonchev–Trinajstić information content (AvgIpc) is 3.12. The third-order valence-corrected chi connectivity index (χ3v) is 6.03. The lowest BCUT2D eigenvalue weighted by atomic mass is 9.67. The number of benzene rings is 2. The molecule has 158 valence electrons. The first-order chi connectivity index (χ1) is 14.5. The molecule has 0 radical (unpaired) electrons. The molecule has 0 saturated heterocycles. The zero-order valence-electron chi connectivity index (χ0n) is 17.5. The quantitative estimate of drug-likeness (QED) is 0.743. The van der Waals surface area contributed by atoms with Crippen molar-refractivity contribution in [1.29, 1.82) is 0 Å². The fourth-order valence-corrected chi connectivity index (χ4v) is 4.48. The van der Waals surface area contributed by atoms with Crippen molar-refractivity contribution in [1.82, 2.24) is 5.06 Å². The molecule has 2 aliphatic rings. The summed E-state index contributed by atoms with van der Waals surface area (Å²) in [5.74, 6) is 0.446. The van der Waals surface area contributed by atoms with Crippen LogP contribution in [0.3, 0.4) is 0 Å². The normalized spacial score (nSPS) is 22.1. The summed E-state index contributed by atoms with van der Waals surface area (Å²) in [6, 6.07) is 15.7. The number of hydrogen-bond acceptors (Lipinski definition) is 6. The van der Waals surface area contributed by atoms with Crippen LogP contribution < -0.4 is 9.75 Å². The Bertz CT molecular complexity index is 962. The zero-order valence-corrected chi connectivity index (χ0v) is 17.5. The highest BCUT2D eigenvalue weighted by Crippen LogP contribution is 2.48. The van der Waals surface area contributed by atoms with E-state index in [0.717, 1.165) is 22.6 Å². The maximum Gasteiger partial charge on any atom is 0.294 e. The van der Waals surface area contributed by atoms with Gasteiger partial charge in [-0.15, -0.1) is 0 Å². The van der Waals surface area contributed by atoms with Crippen molar-refractivity contribution in [3.63, 3.8) is 0 Å². The maximum atomic E-state index is 13.4. The topological polar surface area (TPSA) is 74.6 Å². The van der Waals surface area contributed by atoms with E-state index in [0.29, 0.717) is 25.2 Å². The van der Waals surface area contributed by atoms with E-state index in [1.807, 2.05) is 60.5 Å². The number of rotatable bonds is 6. The molecule has 0 unspecified atom stereocenters. The predicted octanol–water partition coefficient (Wildman–Crippen LogP) is 2.66. The molecule has 7 nitrogen and oxygen atoms in total. The van der Waals surface area contributed by atoms with Gasteiger partial charge in [-0.1, -0.05) is 36.4 Å². The van der Waals surface area contributed by atoms with Crippen molar-refractivity contribution < 1.29 is 19.5 Å². The first kappa shape index (κ1) is 20.4. The second-order valence-electron chi connectivity index (χ2n) is 7.74. The van der Waals surface area contributed by atoms with Gasteiger partial charge in [0.2, 0.25) is 0 Å². The van der Waals surface area contributed by atoms with Crippen molar-refractivity contribution >= 4 is 17.3 Å². The molecule has 2 aromatic carbocycles. The molecule has 0 aliphatic carbocycles. The fraction of sp³-hybridized carbons (Fsp3) is 0.391. The summed E-state index contributed by atoms with van der Waals surface area (Å²) in [5, 5.41) is 17.6. The summed E-state index contributed by atoms with van der Waals surface area (Å²) in [4.78, 5) is 18.6. The molecule has 7 heteroatoms. The number of ether oxygens (including phenoxy) is 1. The molecule has 2 aromatic rings. The van der Waals surface area contributed by atoms with Crippen LogP contribution >= 0.6 is 0 Å². The highest BCUT2D eigenvalue weighted by Gasteiger charge is 2.57. The number of aryl methyl sites for hydroxylation is 1. The number of carbonyl (C=O) groups excluding carboxylic acids is 1. The van der Waals surface area contributed by atoms with Crippen molar-refractivity contribution in [3.8, 4) is 5.75 Å². The Hall–Kier alpha value is -2.90. The van der Waals surface area contributed by atoms with Gasteiger partial charge in [0.05, 0.1) is 12.5 Å². The molecule has 0 fully saturated rings. The van der Waals surface area contributed by atoms with E-state index in [2.05, 4.69) is 0 Å². The molecule has 0 spiro atoms. The van der Waals surface area contributed by atoms with Crippen molar-refractivity contribution in [3.05, 3.63) is 59.7 Å². The molecule has 2 aliphatic heterocycles. The van der Waals surface area contributed by atoms with Crippen LogP contribution in [0.2, 0.25) is 0 Å². The number of amides is 1. The molecule has 1 amide bonds. The van der Waals surface area contributed by atoms with E-state index in [-0.39, 0.29) is 18.6 Å². The van der Waals surface area contributed by atoms with Gasteiger partial charge in [0.1, 0.15) is 29.8 Å². The second-order valence-corrected chi connectivity index (χ2v) is 7.74. The van der Waals surface area contributed by atoms with Crippen LogP contribution in [0.1, 0.15) is 24.0 Å². The number of hydroxylamine groups is 2. The number of aliphatic hydroxyl groups excluding tert-OH is 1. The largest absolute Gasteiger partial charge is 0.489 e. The van der Waals surface area contributed by atoms with Gasteiger partial charge in [-0.25, -0.2) is 5.06 Å². The molecule has 0 saturated carbocycles. The molecule has 4 rings (SSSR count). The van der Waals surface area contributed by atoms with Crippen LogP contribution in [0, 0.1) is 6.92 Å². The molecule has 0 aromatic heterocycles. The lowest BCUT2D eigenvalue weighted by molar-refractivity contribution is -0.160. The summed E-state index contributed by atoms with van der Waals surface area (Å²) in [6.07, 6.45) is 1.09. The highest BCUT2D eigenvalue weighted by atomic mass is 16.7. The van der Waals surface area contributed by atoms with Gasteiger partial charge in [-0.05, 0) is 43.0 Å². The number of hydrogen-bond donors (Lipinski definition) is 1. The third-order valence-electron chi connectivity index (χ3n) is 6.03. The number of hydrazone groups is 1. The summed E-state index contributed by atoms with van der Waals surface area (Å²) in [6.45, 7) is 2.43. The predicted molar refractivity (Wildman–Crippen MR) is 115 cm³/mol. The van der Waals surface area contributed by atoms with Crippen LogP contribution in [0.5, 0.6) is 5.75 Å². The van der Waals surface area contributed by atoms with Gasteiger partial charge in [0.15, 0.2) is 0 Å². The highest BCUT2D eigenvalue weighted by molar-refractivity contribution is 6.43. The molecule has 2 atom stereocenters. The van der Waals surface area contributed by atoms with Gasteiger partial charge in [0, 0.05) is 13.7 Å². The monoisotopic (exact) mass is 409 g/mol. The summed E-state index contributed by atoms with van der Waals surface area (Å²) >= 11 is 0.